The molecule has 0 aliphatic carbocycles. The Bertz CT molecular complexity index is 1200. The molecule has 0 atom stereocenters. The average molecular weight is 424 g/mol. The summed E-state index contributed by atoms with van der Waals surface area (Å²) in [6.07, 6.45) is 0. The minimum absolute atomic E-state index is 0.265. The van der Waals surface area contributed by atoms with Crippen LogP contribution in [0.15, 0.2) is 97.1 Å². The number of anilines is 2. The Morgan fingerprint density at radius 1 is 0.500 bits per heavy atom. The monoisotopic (exact) mass is 424 g/mol. The molecule has 0 radical (unpaired) electrons. The molecule has 0 saturated carbocycles. The fraction of sp³-hybridized carbons (Fsp3) is 0. The molecule has 0 aliphatic rings. The summed E-state index contributed by atoms with van der Waals surface area (Å²) < 4.78 is 11.3. The van der Waals surface area contributed by atoms with Crippen LogP contribution >= 0.6 is 0 Å². The van der Waals surface area contributed by atoms with Crippen molar-refractivity contribution in [1.82, 2.24) is 0 Å². The van der Waals surface area contributed by atoms with Gasteiger partial charge in [-0.2, -0.15) is 0 Å². The topological polar surface area (TPSA) is 105 Å². The Hall–Kier alpha value is -4.58. The maximum absolute atomic E-state index is 12.7. The highest BCUT2D eigenvalue weighted by molar-refractivity contribution is 5.98. The van der Waals surface area contributed by atoms with Crippen LogP contribution in [0.1, 0.15) is 20.7 Å². The van der Waals surface area contributed by atoms with Crippen LogP contribution < -0.4 is 20.9 Å². The van der Waals surface area contributed by atoms with Crippen molar-refractivity contribution in [2.24, 2.45) is 0 Å². The van der Waals surface area contributed by atoms with E-state index in [0.717, 1.165) is 0 Å². The summed E-state index contributed by atoms with van der Waals surface area (Å²) in [7, 11) is 0. The standard InChI is InChI=1S/C26H20N2O4/c27-21-13-5-1-11-19(21)25(29)31-23-15-7-3-9-17(23)18-10-4-8-16-24(18)32-26(30)20-12-2-6-14-22(20)28/h1-16H,27-28H2. The molecule has 0 unspecified atom stereocenters. The van der Waals surface area contributed by atoms with Gasteiger partial charge in [-0.25, -0.2) is 9.59 Å². The fourth-order valence-corrected chi connectivity index (χ4v) is 3.23. The summed E-state index contributed by atoms with van der Waals surface area (Å²) in [5.41, 5.74) is 14.1. The zero-order valence-electron chi connectivity index (χ0n) is 17.0. The summed E-state index contributed by atoms with van der Waals surface area (Å²) in [5, 5.41) is 0. The fourth-order valence-electron chi connectivity index (χ4n) is 3.23. The summed E-state index contributed by atoms with van der Waals surface area (Å²) in [5.74, 6) is -0.545. The van der Waals surface area contributed by atoms with E-state index in [9.17, 15) is 9.59 Å². The molecular formula is C26H20N2O4. The molecule has 6 nitrogen and oxygen atoms in total. The van der Waals surface area contributed by atoms with Gasteiger partial charge in [-0.05, 0) is 36.4 Å². The van der Waals surface area contributed by atoms with Gasteiger partial charge >= 0.3 is 11.9 Å². The first-order valence-electron chi connectivity index (χ1n) is 9.86. The van der Waals surface area contributed by atoms with Gasteiger partial charge in [0.1, 0.15) is 11.5 Å². The molecule has 158 valence electrons. The molecule has 0 saturated heterocycles. The van der Waals surface area contributed by atoms with Gasteiger partial charge in [-0.1, -0.05) is 60.7 Å². The highest BCUT2D eigenvalue weighted by atomic mass is 16.5. The van der Waals surface area contributed by atoms with Gasteiger partial charge < -0.3 is 20.9 Å². The summed E-state index contributed by atoms with van der Waals surface area (Å²) in [6, 6.07) is 27.4. The molecule has 0 heterocycles. The van der Waals surface area contributed by atoms with Gasteiger partial charge in [0.05, 0.1) is 11.1 Å². The minimum atomic E-state index is -0.581. The lowest BCUT2D eigenvalue weighted by atomic mass is 10.0. The molecular weight excluding hydrogens is 404 g/mol. The molecule has 4 rings (SSSR count). The molecule has 4 N–H and O–H groups in total. The molecule has 4 aromatic carbocycles. The van der Waals surface area contributed by atoms with Crippen molar-refractivity contribution in [2.75, 3.05) is 11.5 Å². The number of carbonyl (C=O) groups is 2. The van der Waals surface area contributed by atoms with Crippen LogP contribution in [-0.2, 0) is 0 Å². The second-order valence-electron chi connectivity index (χ2n) is 6.95. The van der Waals surface area contributed by atoms with Crippen LogP contribution in [-0.4, -0.2) is 11.9 Å². The number of para-hydroxylation sites is 4. The lowest BCUT2D eigenvalue weighted by Gasteiger charge is -2.14. The van der Waals surface area contributed by atoms with Crippen LogP contribution in [0.5, 0.6) is 11.5 Å². The number of rotatable bonds is 5. The van der Waals surface area contributed by atoms with E-state index >= 15 is 0 Å². The van der Waals surface area contributed by atoms with Crippen molar-refractivity contribution in [3.05, 3.63) is 108 Å². The van der Waals surface area contributed by atoms with Crippen molar-refractivity contribution in [1.29, 1.82) is 0 Å². The van der Waals surface area contributed by atoms with E-state index in [1.54, 1.807) is 97.1 Å². The molecule has 0 fully saturated rings. The second-order valence-corrected chi connectivity index (χ2v) is 6.95. The molecule has 4 aromatic rings. The van der Waals surface area contributed by atoms with Crippen molar-refractivity contribution in [3.63, 3.8) is 0 Å². The Morgan fingerprint density at radius 2 is 0.844 bits per heavy atom. The van der Waals surface area contributed by atoms with Crippen LogP contribution in [0.2, 0.25) is 0 Å². The van der Waals surface area contributed by atoms with E-state index in [1.165, 1.54) is 0 Å². The van der Waals surface area contributed by atoms with Crippen LogP contribution in [0.4, 0.5) is 11.4 Å². The normalized spacial score (nSPS) is 10.4. The highest BCUT2D eigenvalue weighted by Gasteiger charge is 2.19. The first-order valence-corrected chi connectivity index (χ1v) is 9.86. The zero-order valence-corrected chi connectivity index (χ0v) is 17.0. The summed E-state index contributed by atoms with van der Waals surface area (Å²) in [6.45, 7) is 0. The quantitative estimate of drug-likeness (QED) is 0.267. The van der Waals surface area contributed by atoms with Gasteiger partial charge in [-0.15, -0.1) is 0 Å². The average Bonchev–Trinajstić information content (AvgIpc) is 2.80. The van der Waals surface area contributed by atoms with Gasteiger partial charge in [-0.3, -0.25) is 0 Å². The predicted octanol–water partition coefficient (Wildman–Crippen LogP) is 4.96. The molecule has 0 amide bonds. The van der Waals surface area contributed by atoms with E-state index in [0.29, 0.717) is 34.0 Å². The molecule has 0 bridgehead atoms. The number of hydrogen-bond acceptors (Lipinski definition) is 6. The van der Waals surface area contributed by atoms with E-state index in [-0.39, 0.29) is 11.1 Å². The summed E-state index contributed by atoms with van der Waals surface area (Å²) >= 11 is 0. The smallest absolute Gasteiger partial charge is 0.345 e. The third kappa shape index (κ3) is 4.29. The van der Waals surface area contributed by atoms with Crippen LogP contribution in [0.25, 0.3) is 11.1 Å². The minimum Gasteiger partial charge on any atom is -0.422 e. The van der Waals surface area contributed by atoms with Gasteiger partial charge in [0, 0.05) is 22.5 Å². The molecule has 0 spiro atoms. The molecule has 32 heavy (non-hydrogen) atoms. The van der Waals surface area contributed by atoms with Gasteiger partial charge in [0.15, 0.2) is 0 Å². The largest absolute Gasteiger partial charge is 0.422 e. The Balaban J connectivity index is 1.67. The van der Waals surface area contributed by atoms with Crippen molar-refractivity contribution in [2.45, 2.75) is 0 Å². The van der Waals surface area contributed by atoms with E-state index in [1.807, 2.05) is 0 Å². The lowest BCUT2D eigenvalue weighted by Crippen LogP contribution is -2.12. The highest BCUT2D eigenvalue weighted by Crippen LogP contribution is 2.37. The van der Waals surface area contributed by atoms with Crippen LogP contribution in [0.3, 0.4) is 0 Å². The molecule has 6 heteroatoms. The van der Waals surface area contributed by atoms with Crippen molar-refractivity contribution >= 4 is 23.3 Å². The van der Waals surface area contributed by atoms with E-state index in [2.05, 4.69) is 0 Å². The summed E-state index contributed by atoms with van der Waals surface area (Å²) in [4.78, 5) is 25.4. The van der Waals surface area contributed by atoms with Gasteiger partial charge in [0.25, 0.3) is 0 Å². The van der Waals surface area contributed by atoms with Crippen molar-refractivity contribution < 1.29 is 19.1 Å². The molecule has 0 aliphatic heterocycles. The number of nitrogens with two attached hydrogens (primary N) is 2. The number of esters is 2. The Morgan fingerprint density at radius 3 is 1.25 bits per heavy atom. The third-order valence-corrected chi connectivity index (χ3v) is 4.83. The second kappa shape index (κ2) is 9.06. The first-order chi connectivity index (χ1) is 15.5. The number of benzene rings is 4. The maximum atomic E-state index is 12.7. The lowest BCUT2D eigenvalue weighted by molar-refractivity contribution is 0.0724. The first kappa shape index (κ1) is 20.7. The van der Waals surface area contributed by atoms with Crippen LogP contribution in [0, 0.1) is 0 Å². The van der Waals surface area contributed by atoms with E-state index in [4.69, 9.17) is 20.9 Å². The van der Waals surface area contributed by atoms with Gasteiger partial charge in [0.2, 0.25) is 0 Å². The van der Waals surface area contributed by atoms with Crippen molar-refractivity contribution in [3.8, 4) is 22.6 Å². The zero-order chi connectivity index (χ0) is 22.5. The molecule has 0 aromatic heterocycles. The number of ether oxygens (including phenoxy) is 2. The van der Waals surface area contributed by atoms with E-state index < -0.39 is 11.9 Å². The number of carbonyl (C=O) groups excluding carboxylic acids is 2. The maximum Gasteiger partial charge on any atom is 0.345 e. The number of hydrogen-bond donors (Lipinski definition) is 2. The Labute approximate surface area is 185 Å². The predicted molar refractivity (Wildman–Crippen MR) is 124 cm³/mol. The third-order valence-electron chi connectivity index (χ3n) is 4.83. The SMILES string of the molecule is Nc1ccccc1C(=O)Oc1ccccc1-c1ccccc1OC(=O)c1ccccc1N. The number of nitrogen functional groups attached to an aromatic ring is 2. The Kier molecular flexibility index (Phi) is 5.85.